The molecule has 0 aliphatic rings. The van der Waals surface area contributed by atoms with Crippen LogP contribution >= 0.6 is 0 Å². The van der Waals surface area contributed by atoms with E-state index in [-0.39, 0.29) is 11.8 Å². The average molecular weight is 407 g/mol. The van der Waals surface area contributed by atoms with Crippen LogP contribution in [0.4, 0.5) is 4.39 Å². The number of benzene rings is 1. The number of nitrogens with zero attached hydrogens (tertiary/aromatic N) is 3. The third-order valence-corrected chi connectivity index (χ3v) is 4.89. The predicted octanol–water partition coefficient (Wildman–Crippen LogP) is 4.77. The molecule has 0 spiro atoms. The van der Waals surface area contributed by atoms with Crippen LogP contribution < -0.4 is 0 Å². The molecular weight excluding hydrogens is 381 g/mol. The van der Waals surface area contributed by atoms with E-state index in [1.54, 1.807) is 24.3 Å². The highest BCUT2D eigenvalue weighted by atomic mass is 19.1. The summed E-state index contributed by atoms with van der Waals surface area (Å²) in [5, 5.41) is 0. The lowest BCUT2D eigenvalue weighted by molar-refractivity contribution is 0.0600. The molecule has 0 atom stereocenters. The van der Waals surface area contributed by atoms with Gasteiger partial charge in [-0.25, -0.2) is 14.2 Å². The van der Waals surface area contributed by atoms with Gasteiger partial charge in [0, 0.05) is 24.4 Å². The normalized spacial score (nSPS) is 10.8. The Morgan fingerprint density at radius 2 is 1.93 bits per heavy atom. The molecule has 3 rings (SSSR count). The smallest absolute Gasteiger partial charge is 0.337 e. The SMILES string of the molecule is C=C(C)c1cnc(CCCc2cc(C(=O)OC)cc(C)n2)n1Cc1ccc(F)cc1. The molecule has 0 aliphatic heterocycles. The molecule has 0 bridgehead atoms. The van der Waals surface area contributed by atoms with Gasteiger partial charge in [0.1, 0.15) is 11.6 Å². The van der Waals surface area contributed by atoms with E-state index in [0.29, 0.717) is 12.1 Å². The summed E-state index contributed by atoms with van der Waals surface area (Å²) in [5.41, 5.74) is 5.06. The van der Waals surface area contributed by atoms with Crippen LogP contribution in [0.2, 0.25) is 0 Å². The lowest BCUT2D eigenvalue weighted by Gasteiger charge is -2.13. The maximum absolute atomic E-state index is 13.2. The monoisotopic (exact) mass is 407 g/mol. The summed E-state index contributed by atoms with van der Waals surface area (Å²) in [6.45, 7) is 8.47. The first kappa shape index (κ1) is 21.4. The van der Waals surface area contributed by atoms with Crippen LogP contribution in [0.25, 0.3) is 5.57 Å². The predicted molar refractivity (Wildman–Crippen MR) is 115 cm³/mol. The van der Waals surface area contributed by atoms with Crippen molar-refractivity contribution in [2.45, 2.75) is 39.7 Å². The quantitative estimate of drug-likeness (QED) is 0.505. The van der Waals surface area contributed by atoms with E-state index in [2.05, 4.69) is 21.1 Å². The van der Waals surface area contributed by atoms with Gasteiger partial charge in [-0.15, -0.1) is 0 Å². The number of rotatable bonds is 8. The Balaban J connectivity index is 1.74. The van der Waals surface area contributed by atoms with E-state index in [4.69, 9.17) is 4.74 Å². The lowest BCUT2D eigenvalue weighted by Crippen LogP contribution is -2.09. The van der Waals surface area contributed by atoms with Gasteiger partial charge in [-0.05, 0) is 62.1 Å². The molecule has 0 aliphatic carbocycles. The van der Waals surface area contributed by atoms with E-state index in [1.807, 2.05) is 20.0 Å². The molecule has 0 N–H and O–H groups in total. The number of ether oxygens (including phenoxy) is 1. The van der Waals surface area contributed by atoms with Crippen molar-refractivity contribution >= 4 is 11.5 Å². The second kappa shape index (κ2) is 9.48. The second-order valence-corrected chi connectivity index (χ2v) is 7.39. The average Bonchev–Trinajstić information content (AvgIpc) is 3.11. The van der Waals surface area contributed by atoms with Crippen molar-refractivity contribution in [1.82, 2.24) is 14.5 Å². The maximum atomic E-state index is 13.2. The first-order chi connectivity index (χ1) is 14.4. The van der Waals surface area contributed by atoms with Crippen LogP contribution in [-0.4, -0.2) is 27.6 Å². The number of esters is 1. The number of carbonyl (C=O) groups excluding carboxylic acids is 1. The van der Waals surface area contributed by atoms with Crippen molar-refractivity contribution in [1.29, 1.82) is 0 Å². The Kier molecular flexibility index (Phi) is 6.77. The lowest BCUT2D eigenvalue weighted by atomic mass is 10.1. The summed E-state index contributed by atoms with van der Waals surface area (Å²) in [7, 11) is 1.37. The summed E-state index contributed by atoms with van der Waals surface area (Å²) < 4.78 is 20.2. The van der Waals surface area contributed by atoms with Gasteiger partial charge in [-0.2, -0.15) is 0 Å². The highest BCUT2D eigenvalue weighted by molar-refractivity contribution is 5.89. The molecule has 0 saturated heterocycles. The van der Waals surface area contributed by atoms with Crippen molar-refractivity contribution in [2.24, 2.45) is 0 Å². The van der Waals surface area contributed by atoms with E-state index in [9.17, 15) is 9.18 Å². The van der Waals surface area contributed by atoms with Crippen molar-refractivity contribution in [2.75, 3.05) is 7.11 Å². The van der Waals surface area contributed by atoms with Crippen molar-refractivity contribution in [3.8, 4) is 0 Å². The van der Waals surface area contributed by atoms with Gasteiger partial charge in [0.05, 0.1) is 24.6 Å². The molecule has 6 heteroatoms. The molecule has 30 heavy (non-hydrogen) atoms. The number of allylic oxidation sites excluding steroid dienone is 1. The zero-order valence-corrected chi connectivity index (χ0v) is 17.6. The number of aryl methyl sites for hydroxylation is 3. The van der Waals surface area contributed by atoms with Gasteiger partial charge in [0.25, 0.3) is 0 Å². The van der Waals surface area contributed by atoms with Gasteiger partial charge < -0.3 is 9.30 Å². The molecule has 5 nitrogen and oxygen atoms in total. The second-order valence-electron chi connectivity index (χ2n) is 7.39. The summed E-state index contributed by atoms with van der Waals surface area (Å²) >= 11 is 0. The van der Waals surface area contributed by atoms with Crippen LogP contribution in [0.15, 0.2) is 49.2 Å². The van der Waals surface area contributed by atoms with Gasteiger partial charge >= 0.3 is 5.97 Å². The largest absolute Gasteiger partial charge is 0.465 e. The highest BCUT2D eigenvalue weighted by Gasteiger charge is 2.13. The van der Waals surface area contributed by atoms with Gasteiger partial charge in [0.15, 0.2) is 0 Å². The zero-order chi connectivity index (χ0) is 21.7. The number of imidazole rings is 1. The minimum atomic E-state index is -0.359. The fourth-order valence-corrected chi connectivity index (χ4v) is 3.43. The molecule has 3 aromatic rings. The minimum absolute atomic E-state index is 0.248. The van der Waals surface area contributed by atoms with Crippen molar-refractivity contribution in [3.63, 3.8) is 0 Å². The first-order valence-electron chi connectivity index (χ1n) is 9.88. The fourth-order valence-electron chi connectivity index (χ4n) is 3.43. The third kappa shape index (κ3) is 5.20. The van der Waals surface area contributed by atoms with E-state index in [0.717, 1.165) is 53.3 Å². The van der Waals surface area contributed by atoms with Crippen LogP contribution in [0, 0.1) is 12.7 Å². The molecule has 2 heterocycles. The Labute approximate surface area is 176 Å². The minimum Gasteiger partial charge on any atom is -0.465 e. The van der Waals surface area contributed by atoms with Crippen molar-refractivity contribution < 1.29 is 13.9 Å². The molecule has 2 aromatic heterocycles. The number of aromatic nitrogens is 3. The number of halogens is 1. The van der Waals surface area contributed by atoms with Gasteiger partial charge in [-0.1, -0.05) is 18.7 Å². The van der Waals surface area contributed by atoms with E-state index in [1.165, 1.54) is 19.2 Å². The highest BCUT2D eigenvalue weighted by Crippen LogP contribution is 2.19. The summed E-state index contributed by atoms with van der Waals surface area (Å²) in [4.78, 5) is 20.9. The molecular formula is C24H26FN3O2. The molecule has 1 aromatic carbocycles. The molecule has 0 fully saturated rings. The van der Waals surface area contributed by atoms with E-state index >= 15 is 0 Å². The molecule has 156 valence electrons. The standard InChI is InChI=1S/C24H26FN3O2/c1-16(2)22-14-26-23(28(22)15-18-8-10-20(25)11-9-18)7-5-6-21-13-19(24(29)30-4)12-17(3)27-21/h8-14H,1,5-7,15H2,2-4H3. The summed E-state index contributed by atoms with van der Waals surface area (Å²) in [6, 6.07) is 10.0. The summed E-state index contributed by atoms with van der Waals surface area (Å²) in [6.07, 6.45) is 4.13. The number of hydrogen-bond acceptors (Lipinski definition) is 4. The fraction of sp³-hybridized carbons (Fsp3) is 0.292. The number of pyridine rings is 1. The Hall–Kier alpha value is -3.28. The number of methoxy groups -OCH3 is 1. The molecule has 0 radical (unpaired) electrons. The first-order valence-corrected chi connectivity index (χ1v) is 9.88. The maximum Gasteiger partial charge on any atom is 0.337 e. The van der Waals surface area contributed by atoms with Crippen LogP contribution in [0.1, 0.15) is 52.2 Å². The number of carbonyl (C=O) groups is 1. The van der Waals surface area contributed by atoms with Crippen LogP contribution in [0.3, 0.4) is 0 Å². The topological polar surface area (TPSA) is 57.0 Å². The Bertz CT molecular complexity index is 1050. The molecule has 0 saturated carbocycles. The van der Waals surface area contributed by atoms with Crippen LogP contribution in [0.5, 0.6) is 0 Å². The Morgan fingerprint density at radius 3 is 2.60 bits per heavy atom. The molecule has 0 unspecified atom stereocenters. The van der Waals surface area contributed by atoms with Crippen molar-refractivity contribution in [3.05, 3.63) is 89.0 Å². The van der Waals surface area contributed by atoms with Gasteiger partial charge in [-0.3, -0.25) is 4.98 Å². The third-order valence-electron chi connectivity index (χ3n) is 4.89. The van der Waals surface area contributed by atoms with Crippen LogP contribution in [-0.2, 0) is 24.1 Å². The number of hydrogen-bond donors (Lipinski definition) is 0. The zero-order valence-electron chi connectivity index (χ0n) is 17.6. The van der Waals surface area contributed by atoms with Gasteiger partial charge in [0.2, 0.25) is 0 Å². The summed E-state index contributed by atoms with van der Waals surface area (Å²) in [5.74, 6) is 0.336. The Morgan fingerprint density at radius 1 is 1.20 bits per heavy atom. The molecule has 0 amide bonds. The van der Waals surface area contributed by atoms with E-state index < -0.39 is 0 Å².